The van der Waals surface area contributed by atoms with Gasteiger partial charge in [0.1, 0.15) is 11.9 Å². The molecule has 4 heteroatoms. The quantitative estimate of drug-likeness (QED) is 0.837. The summed E-state index contributed by atoms with van der Waals surface area (Å²) in [7, 11) is 1.95. The second-order valence-electron chi connectivity index (χ2n) is 3.66. The summed E-state index contributed by atoms with van der Waals surface area (Å²) in [6, 6.07) is 5.96. The highest BCUT2D eigenvalue weighted by atomic mass is 79.9. The minimum Gasteiger partial charge on any atom is -0.488 e. The van der Waals surface area contributed by atoms with Gasteiger partial charge in [-0.15, -0.1) is 0 Å². The summed E-state index contributed by atoms with van der Waals surface area (Å²) in [4.78, 5) is 0. The first-order chi connectivity index (χ1) is 7.67. The van der Waals surface area contributed by atoms with Gasteiger partial charge in [0.2, 0.25) is 0 Å². The van der Waals surface area contributed by atoms with Crippen LogP contribution in [0.5, 0.6) is 5.75 Å². The summed E-state index contributed by atoms with van der Waals surface area (Å²) in [6.45, 7) is 3.04. The maximum atomic E-state index is 5.95. The lowest BCUT2D eigenvalue weighted by molar-refractivity contribution is 0.188. The van der Waals surface area contributed by atoms with Crippen LogP contribution in [-0.2, 0) is 0 Å². The number of halogens is 2. The standard InChI is InChI=1S/C12H17Br2NO/c1-3-4-10(8-15-2)16-12-6-5-9(13)7-11(12)14/h5-7,10,15H,3-4,8H2,1-2H3. The number of nitrogens with one attached hydrogen (secondary N) is 1. The number of benzene rings is 1. The van der Waals surface area contributed by atoms with E-state index in [9.17, 15) is 0 Å². The zero-order chi connectivity index (χ0) is 12.0. The van der Waals surface area contributed by atoms with E-state index in [0.717, 1.165) is 34.1 Å². The van der Waals surface area contributed by atoms with Gasteiger partial charge in [0.15, 0.2) is 0 Å². The fourth-order valence-electron chi connectivity index (χ4n) is 1.50. The Balaban J connectivity index is 2.68. The summed E-state index contributed by atoms with van der Waals surface area (Å²) >= 11 is 6.93. The van der Waals surface area contributed by atoms with Crippen LogP contribution in [0.3, 0.4) is 0 Å². The molecule has 0 bridgehead atoms. The van der Waals surface area contributed by atoms with Gasteiger partial charge < -0.3 is 10.1 Å². The number of hydrogen-bond acceptors (Lipinski definition) is 2. The van der Waals surface area contributed by atoms with Crippen molar-refractivity contribution in [2.75, 3.05) is 13.6 Å². The fourth-order valence-corrected chi connectivity index (χ4v) is 2.64. The van der Waals surface area contributed by atoms with E-state index in [0.29, 0.717) is 0 Å². The van der Waals surface area contributed by atoms with E-state index >= 15 is 0 Å². The molecule has 0 heterocycles. The van der Waals surface area contributed by atoms with Crippen molar-refractivity contribution in [2.45, 2.75) is 25.9 Å². The highest BCUT2D eigenvalue weighted by Gasteiger charge is 2.10. The molecule has 1 unspecified atom stereocenters. The third-order valence-corrected chi connectivity index (χ3v) is 3.34. The van der Waals surface area contributed by atoms with Crippen LogP contribution in [0.4, 0.5) is 0 Å². The van der Waals surface area contributed by atoms with Crippen molar-refractivity contribution < 1.29 is 4.74 Å². The molecule has 0 aliphatic rings. The molecule has 2 nitrogen and oxygen atoms in total. The van der Waals surface area contributed by atoms with Gasteiger partial charge in [0.25, 0.3) is 0 Å². The van der Waals surface area contributed by atoms with E-state index in [2.05, 4.69) is 44.1 Å². The van der Waals surface area contributed by atoms with Crippen LogP contribution in [0, 0.1) is 0 Å². The monoisotopic (exact) mass is 349 g/mol. The molecule has 1 atom stereocenters. The molecule has 0 radical (unpaired) electrons. The minimum atomic E-state index is 0.229. The molecule has 1 aromatic rings. The minimum absolute atomic E-state index is 0.229. The Labute approximate surface area is 114 Å². The van der Waals surface area contributed by atoms with Gasteiger partial charge in [-0.2, -0.15) is 0 Å². The first-order valence-electron chi connectivity index (χ1n) is 5.43. The van der Waals surface area contributed by atoms with Crippen molar-refractivity contribution in [1.82, 2.24) is 5.32 Å². The van der Waals surface area contributed by atoms with Crippen molar-refractivity contribution in [1.29, 1.82) is 0 Å². The molecule has 90 valence electrons. The molecule has 0 amide bonds. The lowest BCUT2D eigenvalue weighted by atomic mass is 10.2. The van der Waals surface area contributed by atoms with E-state index < -0.39 is 0 Å². The highest BCUT2D eigenvalue weighted by Crippen LogP contribution is 2.29. The Morgan fingerprint density at radius 2 is 2.12 bits per heavy atom. The Hall–Kier alpha value is -0.0600. The van der Waals surface area contributed by atoms with Crippen molar-refractivity contribution in [3.63, 3.8) is 0 Å². The van der Waals surface area contributed by atoms with Crippen LogP contribution in [0.25, 0.3) is 0 Å². The summed E-state index contributed by atoms with van der Waals surface area (Å²) in [5.41, 5.74) is 0. The lowest BCUT2D eigenvalue weighted by Gasteiger charge is -2.19. The number of likely N-dealkylation sites (N-methyl/N-ethyl adjacent to an activating group) is 1. The summed E-state index contributed by atoms with van der Waals surface area (Å²) in [5.74, 6) is 0.900. The second-order valence-corrected chi connectivity index (χ2v) is 5.43. The molecular weight excluding hydrogens is 334 g/mol. The second kappa shape index (κ2) is 7.30. The Morgan fingerprint density at radius 1 is 1.38 bits per heavy atom. The van der Waals surface area contributed by atoms with Crippen LogP contribution in [0.15, 0.2) is 27.1 Å². The topological polar surface area (TPSA) is 21.3 Å². The normalized spacial score (nSPS) is 12.5. The summed E-state index contributed by atoms with van der Waals surface area (Å²) in [5, 5.41) is 3.15. The zero-order valence-corrected chi connectivity index (χ0v) is 12.8. The lowest BCUT2D eigenvalue weighted by Crippen LogP contribution is -2.29. The molecule has 1 N–H and O–H groups in total. The molecule has 0 aliphatic carbocycles. The van der Waals surface area contributed by atoms with E-state index in [4.69, 9.17) is 4.74 Å². The Morgan fingerprint density at radius 3 is 2.69 bits per heavy atom. The van der Waals surface area contributed by atoms with Gasteiger partial charge in [-0.25, -0.2) is 0 Å². The smallest absolute Gasteiger partial charge is 0.134 e. The average molecular weight is 351 g/mol. The molecule has 1 rings (SSSR count). The molecule has 0 aliphatic heterocycles. The number of ether oxygens (including phenoxy) is 1. The van der Waals surface area contributed by atoms with Crippen LogP contribution >= 0.6 is 31.9 Å². The molecule has 16 heavy (non-hydrogen) atoms. The highest BCUT2D eigenvalue weighted by molar-refractivity contribution is 9.11. The predicted molar refractivity (Wildman–Crippen MR) is 75.1 cm³/mol. The average Bonchev–Trinajstić information content (AvgIpc) is 2.23. The van der Waals surface area contributed by atoms with Gasteiger partial charge in [-0.1, -0.05) is 29.3 Å². The van der Waals surface area contributed by atoms with E-state index in [1.165, 1.54) is 0 Å². The Bertz CT molecular complexity index is 325. The van der Waals surface area contributed by atoms with E-state index in [1.54, 1.807) is 0 Å². The summed E-state index contributed by atoms with van der Waals surface area (Å²) in [6.07, 6.45) is 2.41. The SMILES string of the molecule is CCCC(CNC)Oc1ccc(Br)cc1Br. The first kappa shape index (κ1) is 14.0. The molecule has 1 aromatic carbocycles. The van der Waals surface area contributed by atoms with Crippen molar-refractivity contribution >= 4 is 31.9 Å². The van der Waals surface area contributed by atoms with Crippen LogP contribution in [0.1, 0.15) is 19.8 Å². The van der Waals surface area contributed by atoms with Crippen molar-refractivity contribution in [2.24, 2.45) is 0 Å². The Kier molecular flexibility index (Phi) is 6.39. The molecular formula is C12H17Br2NO. The fraction of sp³-hybridized carbons (Fsp3) is 0.500. The molecule has 0 saturated heterocycles. The molecule has 0 aromatic heterocycles. The van der Waals surface area contributed by atoms with E-state index in [1.807, 2.05) is 25.2 Å². The third-order valence-electron chi connectivity index (χ3n) is 2.23. The van der Waals surface area contributed by atoms with E-state index in [-0.39, 0.29) is 6.10 Å². The summed E-state index contributed by atoms with van der Waals surface area (Å²) < 4.78 is 7.98. The largest absolute Gasteiger partial charge is 0.488 e. The van der Waals surface area contributed by atoms with Gasteiger partial charge in [-0.3, -0.25) is 0 Å². The van der Waals surface area contributed by atoms with Gasteiger partial charge in [0.05, 0.1) is 4.47 Å². The maximum absolute atomic E-state index is 5.95. The van der Waals surface area contributed by atoms with Crippen LogP contribution in [-0.4, -0.2) is 19.7 Å². The maximum Gasteiger partial charge on any atom is 0.134 e. The molecule has 0 fully saturated rings. The van der Waals surface area contributed by atoms with Gasteiger partial charge in [-0.05, 0) is 47.6 Å². The zero-order valence-electron chi connectivity index (χ0n) is 9.59. The molecule has 0 spiro atoms. The van der Waals surface area contributed by atoms with Crippen molar-refractivity contribution in [3.05, 3.63) is 27.1 Å². The number of hydrogen-bond donors (Lipinski definition) is 1. The molecule has 0 saturated carbocycles. The van der Waals surface area contributed by atoms with Gasteiger partial charge in [0, 0.05) is 11.0 Å². The first-order valence-corrected chi connectivity index (χ1v) is 7.02. The van der Waals surface area contributed by atoms with Crippen LogP contribution < -0.4 is 10.1 Å². The van der Waals surface area contributed by atoms with Crippen LogP contribution in [0.2, 0.25) is 0 Å². The van der Waals surface area contributed by atoms with Gasteiger partial charge >= 0.3 is 0 Å². The number of rotatable bonds is 6. The third kappa shape index (κ3) is 4.44. The van der Waals surface area contributed by atoms with Crippen molar-refractivity contribution in [3.8, 4) is 5.75 Å². The predicted octanol–water partition coefficient (Wildman–Crippen LogP) is 3.98.